The van der Waals surface area contributed by atoms with Crippen LogP contribution >= 0.6 is 0 Å². The maximum atomic E-state index is 12.6. The van der Waals surface area contributed by atoms with Gasteiger partial charge >= 0.3 is 5.97 Å². The van der Waals surface area contributed by atoms with Gasteiger partial charge in [0.25, 0.3) is 0 Å². The van der Waals surface area contributed by atoms with E-state index in [0.29, 0.717) is 30.5 Å². The number of anilines is 2. The molecular formula is C27H30N4O6. The Kier molecular flexibility index (Phi) is 8.75. The molecule has 0 saturated carbocycles. The van der Waals surface area contributed by atoms with Crippen LogP contribution in [0.25, 0.3) is 0 Å². The van der Waals surface area contributed by atoms with Gasteiger partial charge in [-0.15, -0.1) is 0 Å². The highest BCUT2D eigenvalue weighted by Gasteiger charge is 2.24. The van der Waals surface area contributed by atoms with Crippen LogP contribution in [0.15, 0.2) is 60.9 Å². The number of carbonyl (C=O) groups is 2. The molecule has 2 N–H and O–H groups in total. The molecular weight excluding hydrogens is 476 g/mol. The number of piperidine rings is 1. The summed E-state index contributed by atoms with van der Waals surface area (Å²) in [6, 6.07) is 14.4. The predicted octanol–water partition coefficient (Wildman–Crippen LogP) is 3.57. The summed E-state index contributed by atoms with van der Waals surface area (Å²) in [4.78, 5) is 34.2. The summed E-state index contributed by atoms with van der Waals surface area (Å²) < 4.78 is 17.1. The van der Waals surface area contributed by atoms with E-state index in [0.717, 1.165) is 36.4 Å². The number of carbonyl (C=O) groups excluding carboxylic acids is 1. The lowest BCUT2D eigenvalue weighted by Gasteiger charge is -2.33. The third-order valence-electron chi connectivity index (χ3n) is 5.68. The topological polar surface area (TPSA) is 123 Å². The number of para-hydroxylation sites is 2. The van der Waals surface area contributed by atoms with Gasteiger partial charge in [0.15, 0.2) is 23.9 Å². The van der Waals surface area contributed by atoms with Gasteiger partial charge in [0, 0.05) is 6.54 Å². The summed E-state index contributed by atoms with van der Waals surface area (Å²) in [6.07, 6.45) is 5.15. The van der Waals surface area contributed by atoms with E-state index in [1.165, 1.54) is 6.20 Å². The van der Waals surface area contributed by atoms with Crippen molar-refractivity contribution in [3.8, 4) is 17.2 Å². The molecule has 0 radical (unpaired) electrons. The van der Waals surface area contributed by atoms with Crippen LogP contribution in [0, 0.1) is 0 Å². The minimum absolute atomic E-state index is 0.0298. The Morgan fingerprint density at radius 1 is 1.08 bits per heavy atom. The van der Waals surface area contributed by atoms with Gasteiger partial charge in [-0.3, -0.25) is 9.78 Å². The molecule has 1 amide bonds. The average Bonchev–Trinajstić information content (AvgIpc) is 2.90. The Morgan fingerprint density at radius 3 is 2.62 bits per heavy atom. The molecule has 1 aromatic heterocycles. The Bertz CT molecular complexity index is 1200. The number of hydrogen-bond acceptors (Lipinski definition) is 8. The van der Waals surface area contributed by atoms with Gasteiger partial charge in [-0.2, -0.15) is 0 Å². The molecule has 194 valence electrons. The first-order valence-corrected chi connectivity index (χ1v) is 12.2. The normalized spacial score (nSPS) is 15.1. The summed E-state index contributed by atoms with van der Waals surface area (Å²) >= 11 is 0. The Balaban J connectivity index is 1.33. The van der Waals surface area contributed by atoms with Gasteiger partial charge < -0.3 is 29.5 Å². The molecule has 1 aliphatic heterocycles. The molecule has 4 rings (SSSR count). The number of amides is 1. The Morgan fingerprint density at radius 2 is 1.86 bits per heavy atom. The zero-order valence-electron chi connectivity index (χ0n) is 20.6. The SMILES string of the molecule is CCOc1ccccc1OC1CCCN(c2cncc(NC(=O)Cc3ccc(OCC(=O)O)cc3)n2)C1. The number of aliphatic carboxylic acids is 1. The molecule has 0 bridgehead atoms. The number of ether oxygens (including phenoxy) is 3. The van der Waals surface area contributed by atoms with Crippen molar-refractivity contribution < 1.29 is 28.9 Å². The number of rotatable bonds is 11. The van der Waals surface area contributed by atoms with Gasteiger partial charge in [-0.1, -0.05) is 24.3 Å². The third-order valence-corrected chi connectivity index (χ3v) is 5.68. The van der Waals surface area contributed by atoms with Gasteiger partial charge in [-0.25, -0.2) is 9.78 Å². The number of carboxylic acid groups (broad SMARTS) is 1. The van der Waals surface area contributed by atoms with Gasteiger partial charge in [0.05, 0.1) is 32.0 Å². The van der Waals surface area contributed by atoms with E-state index < -0.39 is 12.6 Å². The second-order valence-electron chi connectivity index (χ2n) is 8.52. The Hall–Kier alpha value is -4.34. The van der Waals surface area contributed by atoms with E-state index in [4.69, 9.17) is 19.3 Å². The van der Waals surface area contributed by atoms with E-state index in [2.05, 4.69) is 20.2 Å². The van der Waals surface area contributed by atoms with Gasteiger partial charge in [0.2, 0.25) is 5.91 Å². The highest BCUT2D eigenvalue weighted by atomic mass is 16.5. The van der Waals surface area contributed by atoms with Crippen molar-refractivity contribution >= 4 is 23.5 Å². The minimum Gasteiger partial charge on any atom is -0.490 e. The molecule has 1 atom stereocenters. The Labute approximate surface area is 215 Å². The molecule has 2 aromatic carbocycles. The predicted molar refractivity (Wildman–Crippen MR) is 137 cm³/mol. The summed E-state index contributed by atoms with van der Waals surface area (Å²) in [6.45, 7) is 3.55. The van der Waals surface area contributed by atoms with Crippen LogP contribution in [0.4, 0.5) is 11.6 Å². The van der Waals surface area contributed by atoms with Crippen LogP contribution < -0.4 is 24.4 Å². The van der Waals surface area contributed by atoms with Crippen molar-refractivity contribution in [2.75, 3.05) is 36.5 Å². The smallest absolute Gasteiger partial charge is 0.341 e. The van der Waals surface area contributed by atoms with Crippen molar-refractivity contribution in [3.63, 3.8) is 0 Å². The average molecular weight is 507 g/mol. The van der Waals surface area contributed by atoms with Crippen LogP contribution in [0.1, 0.15) is 25.3 Å². The minimum atomic E-state index is -1.05. The fourth-order valence-corrected chi connectivity index (χ4v) is 4.03. The van der Waals surface area contributed by atoms with Crippen LogP contribution in [0.2, 0.25) is 0 Å². The van der Waals surface area contributed by atoms with Crippen molar-refractivity contribution in [2.24, 2.45) is 0 Å². The fraction of sp³-hybridized carbons (Fsp3) is 0.333. The number of nitrogens with one attached hydrogen (secondary N) is 1. The van der Waals surface area contributed by atoms with Crippen LogP contribution in [-0.4, -0.2) is 59.4 Å². The zero-order chi connectivity index (χ0) is 26.0. The number of benzene rings is 2. The lowest BCUT2D eigenvalue weighted by Crippen LogP contribution is -2.41. The second-order valence-corrected chi connectivity index (χ2v) is 8.52. The molecule has 0 spiro atoms. The van der Waals surface area contributed by atoms with Crippen molar-refractivity contribution in [2.45, 2.75) is 32.3 Å². The third kappa shape index (κ3) is 7.57. The van der Waals surface area contributed by atoms with Crippen LogP contribution in [0.3, 0.4) is 0 Å². The highest BCUT2D eigenvalue weighted by molar-refractivity contribution is 5.91. The first-order chi connectivity index (χ1) is 18.0. The van der Waals surface area contributed by atoms with Crippen LogP contribution in [0.5, 0.6) is 17.2 Å². The van der Waals surface area contributed by atoms with E-state index in [1.807, 2.05) is 31.2 Å². The first-order valence-electron chi connectivity index (χ1n) is 12.2. The van der Waals surface area contributed by atoms with Crippen molar-refractivity contribution in [3.05, 3.63) is 66.5 Å². The van der Waals surface area contributed by atoms with Crippen LogP contribution in [-0.2, 0) is 16.0 Å². The monoisotopic (exact) mass is 506 g/mol. The summed E-state index contributed by atoms with van der Waals surface area (Å²) in [7, 11) is 0. The highest BCUT2D eigenvalue weighted by Crippen LogP contribution is 2.30. The van der Waals surface area contributed by atoms with E-state index in [1.54, 1.807) is 30.5 Å². The zero-order valence-corrected chi connectivity index (χ0v) is 20.6. The van der Waals surface area contributed by atoms with Gasteiger partial charge in [-0.05, 0) is 49.6 Å². The second kappa shape index (κ2) is 12.6. The van der Waals surface area contributed by atoms with Crippen molar-refractivity contribution in [1.82, 2.24) is 9.97 Å². The molecule has 1 saturated heterocycles. The quantitative estimate of drug-likeness (QED) is 0.402. The molecule has 10 heteroatoms. The number of nitrogens with zero attached hydrogens (tertiary/aromatic N) is 3. The molecule has 1 fully saturated rings. The molecule has 1 aliphatic rings. The molecule has 0 aliphatic carbocycles. The number of carboxylic acids is 1. The van der Waals surface area contributed by atoms with E-state index in [9.17, 15) is 9.59 Å². The lowest BCUT2D eigenvalue weighted by molar-refractivity contribution is -0.139. The van der Waals surface area contributed by atoms with Gasteiger partial charge in [0.1, 0.15) is 17.7 Å². The summed E-state index contributed by atoms with van der Waals surface area (Å²) in [5, 5.41) is 11.5. The van der Waals surface area contributed by atoms with E-state index >= 15 is 0 Å². The fourth-order valence-electron chi connectivity index (χ4n) is 4.03. The first kappa shape index (κ1) is 25.7. The lowest BCUT2D eigenvalue weighted by atomic mass is 10.1. The standard InChI is InChI=1S/C27H30N4O6/c1-2-35-22-7-3-4-8-23(22)37-21-6-5-13-31(17-21)25-16-28-15-24(29-25)30-26(32)14-19-9-11-20(12-10-19)36-18-27(33)34/h3-4,7-12,15-16,21H,2,5-6,13-14,17-18H2,1H3,(H,33,34)(H,29,30,32). The molecule has 10 nitrogen and oxygen atoms in total. The maximum absolute atomic E-state index is 12.6. The molecule has 37 heavy (non-hydrogen) atoms. The van der Waals surface area contributed by atoms with Crippen molar-refractivity contribution in [1.29, 1.82) is 0 Å². The summed E-state index contributed by atoms with van der Waals surface area (Å²) in [5.74, 6) is 1.64. The van der Waals surface area contributed by atoms with E-state index in [-0.39, 0.29) is 18.4 Å². The molecule has 2 heterocycles. The maximum Gasteiger partial charge on any atom is 0.341 e. The summed E-state index contributed by atoms with van der Waals surface area (Å²) in [5.41, 5.74) is 0.757. The largest absolute Gasteiger partial charge is 0.490 e. The molecule has 3 aromatic rings. The molecule has 1 unspecified atom stereocenters. The number of hydrogen-bond donors (Lipinski definition) is 2. The number of aromatic nitrogens is 2.